The molecule has 0 aromatic heterocycles. The molecule has 0 radical (unpaired) electrons. The maximum Gasteiger partial charge on any atom is 0.317 e. The van der Waals surface area contributed by atoms with E-state index in [1.165, 1.54) is 6.26 Å². The molecular weight excluding hydrogens is 316 g/mol. The van der Waals surface area contributed by atoms with Crippen molar-refractivity contribution in [2.45, 2.75) is 31.2 Å². The predicted molar refractivity (Wildman–Crippen MR) is 90.2 cm³/mol. The zero-order valence-corrected chi connectivity index (χ0v) is 15.0. The second-order valence-corrected chi connectivity index (χ2v) is 7.43. The molecule has 0 spiro atoms. The fraction of sp³-hybridized carbons (Fsp3) is 0.562. The monoisotopic (exact) mass is 342 g/mol. The minimum absolute atomic E-state index is 0.157. The summed E-state index contributed by atoms with van der Waals surface area (Å²) in [5.41, 5.74) is 0.879. The first-order valence-electron chi connectivity index (χ1n) is 7.65. The Morgan fingerprint density at radius 1 is 1.30 bits per heavy atom. The van der Waals surface area contributed by atoms with Crippen molar-refractivity contribution < 1.29 is 17.9 Å². The second kappa shape index (κ2) is 8.88. The molecule has 1 atom stereocenters. The third kappa shape index (κ3) is 6.19. The van der Waals surface area contributed by atoms with Gasteiger partial charge >= 0.3 is 6.03 Å². The molecule has 1 rings (SSSR count). The van der Waals surface area contributed by atoms with E-state index < -0.39 is 9.84 Å². The Labute approximate surface area is 138 Å². The summed E-state index contributed by atoms with van der Waals surface area (Å²) in [6.07, 6.45) is 1.94. The van der Waals surface area contributed by atoms with E-state index in [1.807, 2.05) is 13.8 Å². The van der Waals surface area contributed by atoms with Gasteiger partial charge in [0.05, 0.1) is 10.9 Å². The SMILES string of the molecule is CCOCCCNC(=O)N(C)C(C)c1ccc(S(C)(=O)=O)cc1. The normalized spacial score (nSPS) is 12.7. The Bertz CT molecular complexity index is 599. The fourth-order valence-corrected chi connectivity index (χ4v) is 2.66. The number of benzene rings is 1. The van der Waals surface area contributed by atoms with Gasteiger partial charge in [-0.15, -0.1) is 0 Å². The number of hydrogen-bond donors (Lipinski definition) is 1. The van der Waals surface area contributed by atoms with Gasteiger partial charge in [0.25, 0.3) is 0 Å². The molecule has 0 aliphatic carbocycles. The summed E-state index contributed by atoms with van der Waals surface area (Å²) in [5, 5.41) is 2.84. The van der Waals surface area contributed by atoms with Crippen LogP contribution in [0.2, 0.25) is 0 Å². The van der Waals surface area contributed by atoms with Gasteiger partial charge in [-0.25, -0.2) is 13.2 Å². The largest absolute Gasteiger partial charge is 0.382 e. The van der Waals surface area contributed by atoms with Crippen molar-refractivity contribution in [2.75, 3.05) is 33.1 Å². The molecule has 6 nitrogen and oxygen atoms in total. The Morgan fingerprint density at radius 2 is 1.91 bits per heavy atom. The number of carbonyl (C=O) groups excluding carboxylic acids is 1. The van der Waals surface area contributed by atoms with Crippen LogP contribution in [-0.2, 0) is 14.6 Å². The molecule has 1 aromatic rings. The van der Waals surface area contributed by atoms with E-state index in [0.717, 1.165) is 12.0 Å². The van der Waals surface area contributed by atoms with Crippen LogP contribution in [0.4, 0.5) is 4.79 Å². The van der Waals surface area contributed by atoms with Gasteiger partial charge in [0.1, 0.15) is 0 Å². The van der Waals surface area contributed by atoms with E-state index in [2.05, 4.69) is 5.32 Å². The van der Waals surface area contributed by atoms with Gasteiger partial charge in [-0.2, -0.15) is 0 Å². The van der Waals surface area contributed by atoms with Crippen molar-refractivity contribution in [1.29, 1.82) is 0 Å². The zero-order valence-electron chi connectivity index (χ0n) is 14.2. The fourth-order valence-electron chi connectivity index (χ4n) is 2.03. The molecule has 0 aliphatic rings. The van der Waals surface area contributed by atoms with E-state index in [-0.39, 0.29) is 17.0 Å². The maximum absolute atomic E-state index is 12.1. The topological polar surface area (TPSA) is 75.7 Å². The summed E-state index contributed by atoms with van der Waals surface area (Å²) >= 11 is 0. The van der Waals surface area contributed by atoms with Crippen LogP contribution in [-0.4, -0.2) is 52.4 Å². The van der Waals surface area contributed by atoms with Crippen LogP contribution < -0.4 is 5.32 Å². The van der Waals surface area contributed by atoms with Gasteiger partial charge in [0, 0.05) is 33.1 Å². The highest BCUT2D eigenvalue weighted by Gasteiger charge is 2.17. The number of sulfone groups is 1. The summed E-state index contributed by atoms with van der Waals surface area (Å²) in [6.45, 7) is 5.69. The van der Waals surface area contributed by atoms with Gasteiger partial charge in [0.2, 0.25) is 0 Å². The minimum atomic E-state index is -3.21. The minimum Gasteiger partial charge on any atom is -0.382 e. The number of urea groups is 1. The van der Waals surface area contributed by atoms with Crippen molar-refractivity contribution >= 4 is 15.9 Å². The summed E-state index contributed by atoms with van der Waals surface area (Å²) in [6, 6.07) is 6.28. The summed E-state index contributed by atoms with van der Waals surface area (Å²) in [7, 11) is -1.49. The Balaban J connectivity index is 2.58. The van der Waals surface area contributed by atoms with Crippen LogP contribution in [0.3, 0.4) is 0 Å². The molecule has 1 unspecified atom stereocenters. The highest BCUT2D eigenvalue weighted by atomic mass is 32.2. The average molecular weight is 342 g/mol. The lowest BCUT2D eigenvalue weighted by Crippen LogP contribution is -2.39. The van der Waals surface area contributed by atoms with Gasteiger partial charge < -0.3 is 15.0 Å². The van der Waals surface area contributed by atoms with Gasteiger partial charge in [0.15, 0.2) is 9.84 Å². The number of nitrogens with zero attached hydrogens (tertiary/aromatic N) is 1. The van der Waals surface area contributed by atoms with Crippen LogP contribution in [0.25, 0.3) is 0 Å². The number of ether oxygens (including phenoxy) is 1. The number of rotatable bonds is 8. The summed E-state index contributed by atoms with van der Waals surface area (Å²) < 4.78 is 28.1. The van der Waals surface area contributed by atoms with E-state index in [9.17, 15) is 13.2 Å². The molecule has 0 heterocycles. The standard InChI is InChI=1S/C16H26N2O4S/c1-5-22-12-6-11-17-16(19)18(3)13(2)14-7-9-15(10-8-14)23(4,20)21/h7-10,13H,5-6,11-12H2,1-4H3,(H,17,19). The molecule has 130 valence electrons. The van der Waals surface area contributed by atoms with Crippen molar-refractivity contribution in [2.24, 2.45) is 0 Å². The van der Waals surface area contributed by atoms with Crippen LogP contribution >= 0.6 is 0 Å². The van der Waals surface area contributed by atoms with Crippen LogP contribution in [0.1, 0.15) is 31.9 Å². The Kier molecular flexibility index (Phi) is 7.51. The molecule has 7 heteroatoms. The first-order valence-corrected chi connectivity index (χ1v) is 9.55. The Morgan fingerprint density at radius 3 is 2.43 bits per heavy atom. The van der Waals surface area contributed by atoms with Crippen molar-refractivity contribution in [1.82, 2.24) is 10.2 Å². The highest BCUT2D eigenvalue weighted by Crippen LogP contribution is 2.20. The summed E-state index contributed by atoms with van der Waals surface area (Å²) in [4.78, 5) is 14.0. The lowest BCUT2D eigenvalue weighted by atomic mass is 10.1. The summed E-state index contributed by atoms with van der Waals surface area (Å²) in [5.74, 6) is 0. The van der Waals surface area contributed by atoms with E-state index in [0.29, 0.717) is 19.8 Å². The molecule has 1 aromatic carbocycles. The van der Waals surface area contributed by atoms with Gasteiger partial charge in [-0.05, 0) is 38.0 Å². The molecular formula is C16H26N2O4S. The smallest absolute Gasteiger partial charge is 0.317 e. The molecule has 0 aliphatic heterocycles. The predicted octanol–water partition coefficient (Wildman–Crippen LogP) is 2.22. The van der Waals surface area contributed by atoms with Gasteiger partial charge in [-0.1, -0.05) is 12.1 Å². The number of hydrogen-bond acceptors (Lipinski definition) is 4. The second-order valence-electron chi connectivity index (χ2n) is 5.41. The lowest BCUT2D eigenvalue weighted by Gasteiger charge is -2.25. The highest BCUT2D eigenvalue weighted by molar-refractivity contribution is 7.90. The zero-order chi connectivity index (χ0) is 17.5. The molecule has 0 bridgehead atoms. The third-order valence-electron chi connectivity index (χ3n) is 3.64. The van der Waals surface area contributed by atoms with Crippen LogP contribution in [0.5, 0.6) is 0 Å². The molecule has 0 fully saturated rings. The molecule has 2 amide bonds. The van der Waals surface area contributed by atoms with Crippen molar-refractivity contribution in [3.8, 4) is 0 Å². The van der Waals surface area contributed by atoms with Crippen molar-refractivity contribution in [3.05, 3.63) is 29.8 Å². The number of amides is 2. The molecule has 1 N–H and O–H groups in total. The molecule has 0 saturated carbocycles. The lowest BCUT2D eigenvalue weighted by molar-refractivity contribution is 0.143. The Hall–Kier alpha value is -1.60. The van der Waals surface area contributed by atoms with E-state index in [1.54, 1.807) is 36.2 Å². The van der Waals surface area contributed by atoms with E-state index >= 15 is 0 Å². The van der Waals surface area contributed by atoms with Crippen molar-refractivity contribution in [3.63, 3.8) is 0 Å². The average Bonchev–Trinajstić information content (AvgIpc) is 2.52. The van der Waals surface area contributed by atoms with Gasteiger partial charge in [-0.3, -0.25) is 0 Å². The first-order chi connectivity index (χ1) is 10.8. The first kappa shape index (κ1) is 19.4. The van der Waals surface area contributed by atoms with E-state index in [4.69, 9.17) is 4.74 Å². The molecule has 23 heavy (non-hydrogen) atoms. The maximum atomic E-state index is 12.1. The third-order valence-corrected chi connectivity index (χ3v) is 4.77. The van der Waals surface area contributed by atoms with Crippen LogP contribution in [0, 0.1) is 0 Å². The van der Waals surface area contributed by atoms with Crippen LogP contribution in [0.15, 0.2) is 29.2 Å². The number of nitrogens with one attached hydrogen (secondary N) is 1. The number of carbonyl (C=O) groups is 1. The quantitative estimate of drug-likeness (QED) is 0.735. The molecule has 0 saturated heterocycles.